The molecule has 0 spiro atoms. The summed E-state index contributed by atoms with van der Waals surface area (Å²) in [5, 5.41) is 5.17. The highest BCUT2D eigenvalue weighted by molar-refractivity contribution is 7.17. The van der Waals surface area contributed by atoms with E-state index >= 15 is 0 Å². The minimum atomic E-state index is 0.0567. The van der Waals surface area contributed by atoms with Crippen molar-refractivity contribution in [3.8, 4) is 11.1 Å². The van der Waals surface area contributed by atoms with Crippen LogP contribution in [-0.2, 0) is 6.54 Å². The van der Waals surface area contributed by atoms with Gasteiger partial charge in [0, 0.05) is 17.5 Å². The van der Waals surface area contributed by atoms with Gasteiger partial charge < -0.3 is 0 Å². The molecule has 4 rings (SSSR count). The highest BCUT2D eigenvalue weighted by atomic mass is 32.1. The minimum absolute atomic E-state index is 0.0567. The van der Waals surface area contributed by atoms with Crippen molar-refractivity contribution >= 4 is 32.3 Å². The summed E-state index contributed by atoms with van der Waals surface area (Å²) in [5.74, 6) is 0. The van der Waals surface area contributed by atoms with Gasteiger partial charge in [-0.3, -0.25) is 9.36 Å². The maximum atomic E-state index is 12.8. The summed E-state index contributed by atoms with van der Waals surface area (Å²) in [6, 6.07) is 14.6. The summed E-state index contributed by atoms with van der Waals surface area (Å²) in [7, 11) is 0. The van der Waals surface area contributed by atoms with Gasteiger partial charge in [-0.25, -0.2) is 4.98 Å². The highest BCUT2D eigenvalue weighted by Gasteiger charge is 2.13. The first-order valence-electron chi connectivity index (χ1n) is 7.73. The van der Waals surface area contributed by atoms with Crippen LogP contribution >= 0.6 is 11.3 Å². The number of aryl methyl sites for hydroxylation is 1. The Balaban J connectivity index is 1.96. The molecule has 3 nitrogen and oxygen atoms in total. The fourth-order valence-corrected chi connectivity index (χ4v) is 3.84. The Hall–Kier alpha value is -2.46. The third-order valence-corrected chi connectivity index (χ3v) is 4.97. The Labute approximate surface area is 137 Å². The van der Waals surface area contributed by atoms with Crippen molar-refractivity contribution in [2.45, 2.75) is 19.9 Å². The van der Waals surface area contributed by atoms with Crippen LogP contribution in [0.2, 0.25) is 0 Å². The number of hydrogen-bond acceptors (Lipinski definition) is 3. The maximum Gasteiger partial charge on any atom is 0.262 e. The van der Waals surface area contributed by atoms with Crippen LogP contribution < -0.4 is 5.56 Å². The average Bonchev–Trinajstić information content (AvgIpc) is 3.02. The van der Waals surface area contributed by atoms with Gasteiger partial charge in [0.25, 0.3) is 5.56 Å². The van der Waals surface area contributed by atoms with E-state index in [4.69, 9.17) is 0 Å². The van der Waals surface area contributed by atoms with Crippen LogP contribution in [0.1, 0.15) is 13.3 Å². The lowest BCUT2D eigenvalue weighted by Crippen LogP contribution is -2.20. The van der Waals surface area contributed by atoms with E-state index in [9.17, 15) is 4.79 Å². The Morgan fingerprint density at radius 2 is 1.96 bits per heavy atom. The van der Waals surface area contributed by atoms with Crippen LogP contribution in [0.4, 0.5) is 0 Å². The lowest BCUT2D eigenvalue weighted by Gasteiger charge is -2.05. The van der Waals surface area contributed by atoms with Crippen molar-refractivity contribution in [1.29, 1.82) is 0 Å². The number of rotatable bonds is 3. The van der Waals surface area contributed by atoms with Crippen LogP contribution in [0.15, 0.2) is 59.0 Å². The van der Waals surface area contributed by atoms with Gasteiger partial charge in [-0.1, -0.05) is 43.3 Å². The second kappa shape index (κ2) is 5.63. The van der Waals surface area contributed by atoms with Crippen molar-refractivity contribution < 1.29 is 0 Å². The summed E-state index contributed by atoms with van der Waals surface area (Å²) in [6.07, 6.45) is 2.58. The van der Waals surface area contributed by atoms with Crippen molar-refractivity contribution in [3.63, 3.8) is 0 Å². The molecule has 23 heavy (non-hydrogen) atoms. The summed E-state index contributed by atoms with van der Waals surface area (Å²) in [6.45, 7) is 2.77. The molecule has 2 heterocycles. The molecular formula is C19H16N2OS. The van der Waals surface area contributed by atoms with E-state index < -0.39 is 0 Å². The summed E-state index contributed by atoms with van der Waals surface area (Å²) in [4.78, 5) is 18.0. The molecule has 0 aliphatic carbocycles. The van der Waals surface area contributed by atoms with Gasteiger partial charge in [-0.2, -0.15) is 0 Å². The SMILES string of the molecule is CCCn1cnc2scc(-c3ccc4ccccc4c3)c2c1=O. The molecule has 0 fully saturated rings. The van der Waals surface area contributed by atoms with E-state index in [0.717, 1.165) is 27.8 Å². The second-order valence-electron chi connectivity index (χ2n) is 5.63. The molecule has 0 unspecified atom stereocenters. The van der Waals surface area contributed by atoms with Gasteiger partial charge in [-0.05, 0) is 28.8 Å². The normalized spacial score (nSPS) is 11.3. The topological polar surface area (TPSA) is 34.9 Å². The summed E-state index contributed by atoms with van der Waals surface area (Å²) >= 11 is 1.53. The average molecular weight is 320 g/mol. The Bertz CT molecular complexity index is 1060. The first-order valence-corrected chi connectivity index (χ1v) is 8.61. The molecule has 0 amide bonds. The van der Waals surface area contributed by atoms with Crippen LogP contribution in [0.25, 0.3) is 32.1 Å². The fourth-order valence-electron chi connectivity index (χ4n) is 2.94. The van der Waals surface area contributed by atoms with Crippen molar-refractivity contribution in [2.24, 2.45) is 0 Å². The molecule has 0 bridgehead atoms. The van der Waals surface area contributed by atoms with Gasteiger partial charge in [0.05, 0.1) is 11.7 Å². The third-order valence-electron chi connectivity index (χ3n) is 4.09. The highest BCUT2D eigenvalue weighted by Crippen LogP contribution is 2.32. The molecular weight excluding hydrogens is 304 g/mol. The number of aromatic nitrogens is 2. The fraction of sp³-hybridized carbons (Fsp3) is 0.158. The molecule has 0 aliphatic heterocycles. The third kappa shape index (κ3) is 2.35. The Kier molecular flexibility index (Phi) is 3.46. The standard InChI is InChI=1S/C19H16N2OS/c1-2-9-21-12-20-18-17(19(21)22)16(11-23-18)15-8-7-13-5-3-4-6-14(13)10-15/h3-8,10-12H,2,9H2,1H3. The van der Waals surface area contributed by atoms with E-state index in [1.54, 1.807) is 10.9 Å². The molecule has 2 aromatic carbocycles. The Morgan fingerprint density at radius 3 is 2.78 bits per heavy atom. The first kappa shape index (κ1) is 14.2. The van der Waals surface area contributed by atoms with Gasteiger partial charge in [0.2, 0.25) is 0 Å². The number of benzene rings is 2. The predicted octanol–water partition coefficient (Wildman–Crippen LogP) is 4.69. The van der Waals surface area contributed by atoms with Crippen molar-refractivity contribution in [3.05, 3.63) is 64.5 Å². The van der Waals surface area contributed by atoms with E-state index in [1.165, 1.54) is 22.1 Å². The lowest BCUT2D eigenvalue weighted by molar-refractivity contribution is 0.648. The monoisotopic (exact) mass is 320 g/mol. The van der Waals surface area contributed by atoms with E-state index in [0.29, 0.717) is 6.54 Å². The van der Waals surface area contributed by atoms with E-state index in [2.05, 4.69) is 42.2 Å². The molecule has 114 valence electrons. The van der Waals surface area contributed by atoms with Gasteiger partial charge in [0.15, 0.2) is 0 Å². The number of fused-ring (bicyclic) bond motifs is 2. The number of thiophene rings is 1. The van der Waals surface area contributed by atoms with Crippen LogP contribution in [-0.4, -0.2) is 9.55 Å². The molecule has 0 N–H and O–H groups in total. The van der Waals surface area contributed by atoms with Gasteiger partial charge >= 0.3 is 0 Å². The maximum absolute atomic E-state index is 12.8. The zero-order valence-electron chi connectivity index (χ0n) is 12.8. The smallest absolute Gasteiger partial charge is 0.262 e. The first-order chi connectivity index (χ1) is 11.3. The molecule has 4 aromatic rings. The molecule has 2 aromatic heterocycles. The summed E-state index contributed by atoms with van der Waals surface area (Å²) in [5.41, 5.74) is 2.11. The largest absolute Gasteiger partial charge is 0.299 e. The summed E-state index contributed by atoms with van der Waals surface area (Å²) < 4.78 is 1.71. The van der Waals surface area contributed by atoms with Crippen molar-refractivity contribution in [2.75, 3.05) is 0 Å². The van der Waals surface area contributed by atoms with Crippen LogP contribution in [0.5, 0.6) is 0 Å². The van der Waals surface area contributed by atoms with Crippen LogP contribution in [0, 0.1) is 0 Å². The number of nitrogens with zero attached hydrogens (tertiary/aromatic N) is 2. The number of hydrogen-bond donors (Lipinski definition) is 0. The zero-order chi connectivity index (χ0) is 15.8. The second-order valence-corrected chi connectivity index (χ2v) is 6.49. The molecule has 0 aliphatic rings. The molecule has 4 heteroatoms. The quantitative estimate of drug-likeness (QED) is 0.549. The van der Waals surface area contributed by atoms with Crippen LogP contribution in [0.3, 0.4) is 0 Å². The van der Waals surface area contributed by atoms with Gasteiger partial charge in [-0.15, -0.1) is 11.3 Å². The lowest BCUT2D eigenvalue weighted by atomic mass is 10.0. The van der Waals surface area contributed by atoms with Gasteiger partial charge in [0.1, 0.15) is 4.83 Å². The molecule has 0 saturated heterocycles. The Morgan fingerprint density at radius 1 is 1.13 bits per heavy atom. The molecule has 0 saturated carbocycles. The molecule has 0 radical (unpaired) electrons. The van der Waals surface area contributed by atoms with E-state index in [1.807, 2.05) is 17.5 Å². The molecule has 0 atom stereocenters. The van der Waals surface area contributed by atoms with Crippen molar-refractivity contribution in [1.82, 2.24) is 9.55 Å². The zero-order valence-corrected chi connectivity index (χ0v) is 13.6. The predicted molar refractivity (Wildman–Crippen MR) is 97.1 cm³/mol. The minimum Gasteiger partial charge on any atom is -0.299 e. The van der Waals surface area contributed by atoms with E-state index in [-0.39, 0.29) is 5.56 Å².